The maximum Gasteiger partial charge on any atom is 0.339 e. The van der Waals surface area contributed by atoms with Crippen LogP contribution in [-0.4, -0.2) is 30.0 Å². The van der Waals surface area contributed by atoms with Gasteiger partial charge in [-0.2, -0.15) is 0 Å². The lowest BCUT2D eigenvalue weighted by atomic mass is 10.1. The van der Waals surface area contributed by atoms with E-state index in [1.807, 2.05) is 24.3 Å². The van der Waals surface area contributed by atoms with Crippen LogP contribution in [0.25, 0.3) is 0 Å². The standard InChI is InChI=1S/C24H22FNO5/c1-16-11-21(13-24(28)29-16)31-22-14-26(15-22)23(27)10-5-17-3-2-4-20(12-17)30-19-8-6-18(25)7-9-19/h2-4,6-9,11-13,22H,5,10,14-15H2,1H3. The third kappa shape index (κ3) is 5.51. The molecule has 3 aromatic rings. The minimum Gasteiger partial charge on any atom is -0.486 e. The van der Waals surface area contributed by atoms with Gasteiger partial charge in [0.15, 0.2) is 0 Å². The second-order valence-electron chi connectivity index (χ2n) is 7.46. The van der Waals surface area contributed by atoms with E-state index in [9.17, 15) is 14.0 Å². The fraction of sp³-hybridized carbons (Fsp3) is 0.250. The molecule has 1 saturated heterocycles. The van der Waals surface area contributed by atoms with Crippen molar-refractivity contribution in [2.24, 2.45) is 0 Å². The van der Waals surface area contributed by atoms with Gasteiger partial charge in [-0.1, -0.05) is 12.1 Å². The summed E-state index contributed by atoms with van der Waals surface area (Å²) in [6, 6.07) is 16.3. The molecular weight excluding hydrogens is 401 g/mol. The summed E-state index contributed by atoms with van der Waals surface area (Å²) in [6.45, 7) is 2.67. The smallest absolute Gasteiger partial charge is 0.339 e. The van der Waals surface area contributed by atoms with Crippen molar-refractivity contribution in [3.05, 3.63) is 88.2 Å². The molecule has 1 aliphatic heterocycles. The molecule has 160 valence electrons. The van der Waals surface area contributed by atoms with Gasteiger partial charge < -0.3 is 18.8 Å². The number of benzene rings is 2. The van der Waals surface area contributed by atoms with Crippen molar-refractivity contribution < 1.29 is 23.1 Å². The molecule has 1 aromatic heterocycles. The molecule has 0 bridgehead atoms. The number of amides is 1. The van der Waals surface area contributed by atoms with E-state index in [1.165, 1.54) is 18.2 Å². The van der Waals surface area contributed by atoms with Crippen LogP contribution in [0.15, 0.2) is 69.9 Å². The molecule has 7 heteroatoms. The van der Waals surface area contributed by atoms with Crippen molar-refractivity contribution in [1.29, 1.82) is 0 Å². The fourth-order valence-corrected chi connectivity index (χ4v) is 3.37. The molecule has 0 unspecified atom stereocenters. The summed E-state index contributed by atoms with van der Waals surface area (Å²) >= 11 is 0. The average Bonchev–Trinajstić information content (AvgIpc) is 2.70. The lowest BCUT2D eigenvalue weighted by Gasteiger charge is -2.39. The summed E-state index contributed by atoms with van der Waals surface area (Å²) in [5.74, 6) is 1.87. The number of rotatable bonds is 7. The van der Waals surface area contributed by atoms with Crippen LogP contribution in [0.5, 0.6) is 17.2 Å². The van der Waals surface area contributed by atoms with Gasteiger partial charge in [0, 0.05) is 12.5 Å². The first-order valence-corrected chi connectivity index (χ1v) is 10.0. The molecule has 1 fully saturated rings. The topological polar surface area (TPSA) is 69.0 Å². The molecule has 0 N–H and O–H groups in total. The third-order valence-corrected chi connectivity index (χ3v) is 4.95. The van der Waals surface area contributed by atoms with Crippen molar-refractivity contribution in [3.63, 3.8) is 0 Å². The zero-order valence-electron chi connectivity index (χ0n) is 17.0. The predicted molar refractivity (Wildman–Crippen MR) is 112 cm³/mol. The van der Waals surface area contributed by atoms with Gasteiger partial charge in [-0.25, -0.2) is 9.18 Å². The molecule has 2 heterocycles. The van der Waals surface area contributed by atoms with Crippen LogP contribution < -0.4 is 15.1 Å². The van der Waals surface area contributed by atoms with Crippen LogP contribution in [0.4, 0.5) is 4.39 Å². The Bertz CT molecular complexity index is 1120. The molecular formula is C24H22FNO5. The SMILES string of the molecule is Cc1cc(OC2CN(C(=O)CCc3cccc(Oc4ccc(F)cc4)c3)C2)cc(=O)o1. The number of carbonyl (C=O) groups excluding carboxylic acids is 1. The molecule has 31 heavy (non-hydrogen) atoms. The first kappa shape index (κ1) is 20.7. The Morgan fingerprint density at radius 3 is 2.58 bits per heavy atom. The summed E-state index contributed by atoms with van der Waals surface area (Å²) < 4.78 is 29.4. The molecule has 0 atom stereocenters. The Morgan fingerprint density at radius 2 is 1.84 bits per heavy atom. The van der Waals surface area contributed by atoms with Crippen molar-refractivity contribution in [2.45, 2.75) is 25.9 Å². The molecule has 0 saturated carbocycles. The molecule has 1 amide bonds. The highest BCUT2D eigenvalue weighted by atomic mass is 19.1. The Hall–Kier alpha value is -3.61. The number of carbonyl (C=O) groups is 1. The molecule has 6 nitrogen and oxygen atoms in total. The number of hydrogen-bond acceptors (Lipinski definition) is 5. The highest BCUT2D eigenvalue weighted by Crippen LogP contribution is 2.24. The quantitative estimate of drug-likeness (QED) is 0.572. The lowest BCUT2D eigenvalue weighted by molar-refractivity contribution is -0.139. The first-order valence-electron chi connectivity index (χ1n) is 10.0. The first-order chi connectivity index (χ1) is 14.9. The number of halogens is 1. The van der Waals surface area contributed by atoms with E-state index in [-0.39, 0.29) is 17.8 Å². The fourth-order valence-electron chi connectivity index (χ4n) is 3.37. The number of aryl methyl sites for hydroxylation is 2. The normalized spacial score (nSPS) is 13.5. The second kappa shape index (κ2) is 9.04. The van der Waals surface area contributed by atoms with Gasteiger partial charge in [0.2, 0.25) is 5.91 Å². The lowest BCUT2D eigenvalue weighted by Crippen LogP contribution is -2.56. The van der Waals surface area contributed by atoms with Gasteiger partial charge in [0.05, 0.1) is 19.2 Å². The summed E-state index contributed by atoms with van der Waals surface area (Å²) in [4.78, 5) is 25.6. The second-order valence-corrected chi connectivity index (χ2v) is 7.46. The van der Waals surface area contributed by atoms with Gasteiger partial charge in [-0.05, 0) is 55.3 Å². The molecule has 0 radical (unpaired) electrons. The van der Waals surface area contributed by atoms with Crippen LogP contribution in [0.1, 0.15) is 17.7 Å². The van der Waals surface area contributed by atoms with Crippen LogP contribution >= 0.6 is 0 Å². The van der Waals surface area contributed by atoms with Gasteiger partial charge in [-0.15, -0.1) is 0 Å². The highest BCUT2D eigenvalue weighted by molar-refractivity contribution is 5.77. The summed E-state index contributed by atoms with van der Waals surface area (Å²) in [5.41, 5.74) is 0.528. The Balaban J connectivity index is 1.25. The van der Waals surface area contributed by atoms with Gasteiger partial charge in [-0.3, -0.25) is 4.79 Å². The zero-order valence-corrected chi connectivity index (χ0v) is 17.0. The van der Waals surface area contributed by atoms with E-state index >= 15 is 0 Å². The minimum absolute atomic E-state index is 0.0495. The van der Waals surface area contributed by atoms with Gasteiger partial charge >= 0.3 is 5.63 Å². The molecule has 0 spiro atoms. The van der Waals surface area contributed by atoms with E-state index in [0.717, 1.165) is 5.56 Å². The number of ether oxygens (including phenoxy) is 2. The van der Waals surface area contributed by atoms with Crippen LogP contribution in [0.2, 0.25) is 0 Å². The monoisotopic (exact) mass is 423 g/mol. The average molecular weight is 423 g/mol. The molecule has 0 aliphatic carbocycles. The number of nitrogens with zero attached hydrogens (tertiary/aromatic N) is 1. The molecule has 2 aromatic carbocycles. The van der Waals surface area contributed by atoms with Crippen LogP contribution in [0.3, 0.4) is 0 Å². The largest absolute Gasteiger partial charge is 0.486 e. The van der Waals surface area contributed by atoms with E-state index in [2.05, 4.69) is 0 Å². The van der Waals surface area contributed by atoms with E-state index < -0.39 is 5.63 Å². The van der Waals surface area contributed by atoms with Crippen LogP contribution in [0, 0.1) is 12.7 Å². The minimum atomic E-state index is -0.451. The summed E-state index contributed by atoms with van der Waals surface area (Å²) in [7, 11) is 0. The zero-order chi connectivity index (χ0) is 21.8. The van der Waals surface area contributed by atoms with Crippen molar-refractivity contribution >= 4 is 5.91 Å². The Labute approximate surface area is 178 Å². The summed E-state index contributed by atoms with van der Waals surface area (Å²) in [6.07, 6.45) is 0.832. The maximum absolute atomic E-state index is 13.0. The van der Waals surface area contributed by atoms with Gasteiger partial charge in [0.25, 0.3) is 0 Å². The van der Waals surface area contributed by atoms with E-state index in [1.54, 1.807) is 30.0 Å². The van der Waals surface area contributed by atoms with Crippen molar-refractivity contribution in [1.82, 2.24) is 4.90 Å². The Morgan fingerprint density at radius 1 is 1.06 bits per heavy atom. The van der Waals surface area contributed by atoms with Crippen molar-refractivity contribution in [3.8, 4) is 17.2 Å². The van der Waals surface area contributed by atoms with E-state index in [4.69, 9.17) is 13.9 Å². The van der Waals surface area contributed by atoms with E-state index in [0.29, 0.717) is 48.9 Å². The Kier molecular flexibility index (Phi) is 6.02. The molecule has 1 aliphatic rings. The van der Waals surface area contributed by atoms with Crippen molar-refractivity contribution in [2.75, 3.05) is 13.1 Å². The maximum atomic E-state index is 13.0. The summed E-state index contributed by atoms with van der Waals surface area (Å²) in [5, 5.41) is 0. The number of likely N-dealkylation sites (tertiary alicyclic amines) is 1. The van der Waals surface area contributed by atoms with Gasteiger partial charge in [0.1, 0.15) is 34.9 Å². The van der Waals surface area contributed by atoms with Crippen LogP contribution in [-0.2, 0) is 11.2 Å². The molecule has 4 rings (SSSR count). The predicted octanol–water partition coefficient (Wildman–Crippen LogP) is 4.10. The number of hydrogen-bond donors (Lipinski definition) is 0. The highest BCUT2D eigenvalue weighted by Gasteiger charge is 2.32. The third-order valence-electron chi connectivity index (χ3n) is 4.95.